The molecule has 2 rings (SSSR count). The van der Waals surface area contributed by atoms with Gasteiger partial charge in [-0.1, -0.05) is 17.7 Å². The lowest BCUT2D eigenvalue weighted by atomic mass is 9.92. The van der Waals surface area contributed by atoms with Crippen LogP contribution in [-0.4, -0.2) is 22.5 Å². The summed E-state index contributed by atoms with van der Waals surface area (Å²) in [6, 6.07) is 5.46. The molecule has 19 heavy (non-hydrogen) atoms. The molecule has 1 aromatic heterocycles. The number of imidazole rings is 1. The third-order valence-corrected chi connectivity index (χ3v) is 3.45. The van der Waals surface area contributed by atoms with Crippen molar-refractivity contribution in [3.05, 3.63) is 23.2 Å². The second-order valence-corrected chi connectivity index (χ2v) is 5.53. The Kier molecular flexibility index (Phi) is 3.41. The molecule has 0 saturated heterocycles. The van der Waals surface area contributed by atoms with Crippen LogP contribution in [-0.2, 0) is 11.3 Å². The number of nitrogens with two attached hydrogens (primary N) is 1. The molecule has 0 radical (unpaired) electrons. The van der Waals surface area contributed by atoms with E-state index in [1.807, 2.05) is 26.0 Å². The third kappa shape index (κ3) is 2.38. The fraction of sp³-hybridized carbons (Fsp3) is 0.385. The van der Waals surface area contributed by atoms with Crippen molar-refractivity contribution >= 4 is 34.5 Å². The summed E-state index contributed by atoms with van der Waals surface area (Å²) < 4.78 is 1.78. The molecule has 0 aliphatic carbocycles. The van der Waals surface area contributed by atoms with Crippen molar-refractivity contribution in [1.29, 1.82) is 0 Å². The normalized spacial score (nSPS) is 11.8. The van der Waals surface area contributed by atoms with Crippen LogP contribution in [0, 0.1) is 5.41 Å². The Morgan fingerprint density at radius 1 is 1.53 bits per heavy atom. The minimum Gasteiger partial charge on any atom is -0.369 e. The summed E-state index contributed by atoms with van der Waals surface area (Å²) >= 11 is 6.20. The fourth-order valence-electron chi connectivity index (χ4n) is 2.13. The molecule has 0 atom stereocenters. The van der Waals surface area contributed by atoms with Gasteiger partial charge in [-0.2, -0.15) is 0 Å². The lowest BCUT2D eigenvalue weighted by Crippen LogP contribution is -2.38. The number of para-hydroxylation sites is 1. The smallest absolute Gasteiger partial charge is 0.227 e. The first-order valence-corrected chi connectivity index (χ1v) is 6.37. The van der Waals surface area contributed by atoms with Gasteiger partial charge >= 0.3 is 0 Å². The number of fused-ring (bicyclic) bond motifs is 1. The maximum atomic E-state index is 11.9. The Morgan fingerprint density at radius 3 is 2.84 bits per heavy atom. The highest BCUT2D eigenvalue weighted by Gasteiger charge is 2.29. The molecule has 6 heteroatoms. The van der Waals surface area contributed by atoms with Crippen LogP contribution in [0.3, 0.4) is 0 Å². The van der Waals surface area contributed by atoms with Crippen LogP contribution >= 0.6 is 11.6 Å². The molecule has 5 nitrogen and oxygen atoms in total. The molecule has 0 aliphatic heterocycles. The second kappa shape index (κ2) is 4.74. The zero-order valence-electron chi connectivity index (χ0n) is 11.2. The third-order valence-electron chi connectivity index (χ3n) is 3.14. The highest BCUT2D eigenvalue weighted by Crippen LogP contribution is 2.29. The summed E-state index contributed by atoms with van der Waals surface area (Å²) in [7, 11) is 1.62. The number of nitrogen functional groups attached to an aromatic ring is 1. The van der Waals surface area contributed by atoms with Gasteiger partial charge in [-0.3, -0.25) is 4.79 Å². The number of anilines is 1. The maximum Gasteiger partial charge on any atom is 0.227 e. The van der Waals surface area contributed by atoms with Crippen molar-refractivity contribution in [2.45, 2.75) is 20.4 Å². The summed E-state index contributed by atoms with van der Waals surface area (Å²) in [6.45, 7) is 4.13. The van der Waals surface area contributed by atoms with Crippen LogP contribution in [0.4, 0.5) is 5.95 Å². The molecule has 2 aromatic rings. The molecule has 0 spiro atoms. The number of aromatic nitrogens is 2. The summed E-state index contributed by atoms with van der Waals surface area (Å²) in [6.07, 6.45) is 0. The highest BCUT2D eigenvalue weighted by molar-refractivity contribution is 6.35. The van der Waals surface area contributed by atoms with Gasteiger partial charge in [-0.05, 0) is 26.0 Å². The topological polar surface area (TPSA) is 72.9 Å². The lowest BCUT2D eigenvalue weighted by molar-refractivity contribution is -0.129. The molecule has 102 valence electrons. The Morgan fingerprint density at radius 2 is 2.21 bits per heavy atom. The number of nitrogens with one attached hydrogen (secondary N) is 1. The first kappa shape index (κ1) is 13.7. The van der Waals surface area contributed by atoms with Crippen molar-refractivity contribution < 1.29 is 4.79 Å². The van der Waals surface area contributed by atoms with E-state index in [0.29, 0.717) is 17.5 Å². The van der Waals surface area contributed by atoms with Crippen LogP contribution in [0.25, 0.3) is 11.0 Å². The highest BCUT2D eigenvalue weighted by atomic mass is 35.5. The van der Waals surface area contributed by atoms with Crippen LogP contribution in [0.2, 0.25) is 5.02 Å². The van der Waals surface area contributed by atoms with Gasteiger partial charge in [-0.15, -0.1) is 0 Å². The fourth-order valence-corrected chi connectivity index (χ4v) is 2.40. The van der Waals surface area contributed by atoms with Crippen LogP contribution in [0.15, 0.2) is 18.2 Å². The average Bonchev–Trinajstić information content (AvgIpc) is 2.65. The largest absolute Gasteiger partial charge is 0.369 e. The Balaban J connectivity index is 2.51. The van der Waals surface area contributed by atoms with Gasteiger partial charge in [0.05, 0.1) is 21.5 Å². The summed E-state index contributed by atoms with van der Waals surface area (Å²) in [5.41, 5.74) is 6.83. The summed E-state index contributed by atoms with van der Waals surface area (Å²) in [5.74, 6) is 0.306. The minimum absolute atomic E-state index is 0.0548. The first-order valence-electron chi connectivity index (χ1n) is 5.99. The van der Waals surface area contributed by atoms with Crippen LogP contribution in [0.5, 0.6) is 0 Å². The second-order valence-electron chi connectivity index (χ2n) is 5.13. The quantitative estimate of drug-likeness (QED) is 0.904. The van der Waals surface area contributed by atoms with Gasteiger partial charge in [0.25, 0.3) is 0 Å². The van der Waals surface area contributed by atoms with Gasteiger partial charge in [0, 0.05) is 13.6 Å². The van der Waals surface area contributed by atoms with E-state index in [4.69, 9.17) is 17.3 Å². The number of carbonyl (C=O) groups excluding carboxylic acids is 1. The zero-order valence-corrected chi connectivity index (χ0v) is 12.0. The number of benzene rings is 1. The van der Waals surface area contributed by atoms with Crippen molar-refractivity contribution in [2.75, 3.05) is 12.8 Å². The predicted molar refractivity (Wildman–Crippen MR) is 77.0 cm³/mol. The van der Waals surface area contributed by atoms with Crippen LogP contribution in [0.1, 0.15) is 13.8 Å². The van der Waals surface area contributed by atoms with E-state index in [0.717, 1.165) is 11.0 Å². The summed E-state index contributed by atoms with van der Waals surface area (Å²) in [5, 5.41) is 3.23. The molecule has 0 bridgehead atoms. The molecular weight excluding hydrogens is 264 g/mol. The van der Waals surface area contributed by atoms with Crippen molar-refractivity contribution in [1.82, 2.24) is 14.9 Å². The number of carbonyl (C=O) groups is 1. The SMILES string of the molecule is CNC(=O)C(C)(C)Cn1c(N)nc2cccc(Cl)c21. The average molecular weight is 281 g/mol. The number of hydrogen-bond donors (Lipinski definition) is 2. The number of halogens is 1. The van der Waals surface area contributed by atoms with E-state index >= 15 is 0 Å². The molecule has 3 N–H and O–H groups in total. The van der Waals surface area contributed by atoms with Gasteiger partial charge in [0.2, 0.25) is 11.9 Å². The molecular formula is C13H17ClN4O. The molecule has 1 heterocycles. The summed E-state index contributed by atoms with van der Waals surface area (Å²) in [4.78, 5) is 16.1. The molecule has 1 aromatic carbocycles. The molecule has 0 fully saturated rings. The van der Waals surface area contributed by atoms with E-state index < -0.39 is 5.41 Å². The van der Waals surface area contributed by atoms with Gasteiger partial charge in [0.15, 0.2) is 0 Å². The first-order chi connectivity index (χ1) is 8.86. The van der Waals surface area contributed by atoms with Crippen LogP contribution < -0.4 is 11.1 Å². The molecule has 0 aliphatic rings. The molecule has 0 unspecified atom stereocenters. The molecule has 1 amide bonds. The maximum absolute atomic E-state index is 11.9. The van der Waals surface area contributed by atoms with Crippen molar-refractivity contribution in [2.24, 2.45) is 5.41 Å². The number of amides is 1. The van der Waals surface area contributed by atoms with Crippen molar-refractivity contribution in [3.8, 4) is 0 Å². The lowest BCUT2D eigenvalue weighted by Gasteiger charge is -2.24. The van der Waals surface area contributed by atoms with E-state index in [2.05, 4.69) is 10.3 Å². The number of rotatable bonds is 3. The standard InChI is InChI=1S/C13H17ClN4O/c1-13(2,11(19)16-3)7-18-10-8(14)5-4-6-9(10)17-12(18)15/h4-6H,7H2,1-3H3,(H2,15,17)(H,16,19). The van der Waals surface area contributed by atoms with E-state index in [-0.39, 0.29) is 5.91 Å². The van der Waals surface area contributed by atoms with Gasteiger partial charge in [-0.25, -0.2) is 4.98 Å². The number of hydrogen-bond acceptors (Lipinski definition) is 3. The molecule has 0 saturated carbocycles. The Hall–Kier alpha value is -1.75. The van der Waals surface area contributed by atoms with Crippen molar-refractivity contribution in [3.63, 3.8) is 0 Å². The van der Waals surface area contributed by atoms with E-state index in [1.165, 1.54) is 0 Å². The Bertz CT molecular complexity index is 633. The van der Waals surface area contributed by atoms with Gasteiger partial charge < -0.3 is 15.6 Å². The van der Waals surface area contributed by atoms with E-state index in [9.17, 15) is 4.79 Å². The zero-order chi connectivity index (χ0) is 14.2. The Labute approximate surface area is 116 Å². The van der Waals surface area contributed by atoms with Gasteiger partial charge in [0.1, 0.15) is 0 Å². The monoisotopic (exact) mass is 280 g/mol. The van der Waals surface area contributed by atoms with E-state index in [1.54, 1.807) is 17.7 Å². The number of nitrogens with zero attached hydrogens (tertiary/aromatic N) is 2. The predicted octanol–water partition coefficient (Wildman–Crippen LogP) is 2.04. The minimum atomic E-state index is -0.602.